The minimum Gasteiger partial charge on any atom is -0.466 e. The number of carbonyl (C=O) groups is 2. The number of unbranched alkanes of at least 4 members (excludes halogenated alkanes) is 56. The van der Waals surface area contributed by atoms with Gasteiger partial charge in [0.05, 0.1) is 25.4 Å². The Morgan fingerprint density at radius 2 is 0.581 bits per heavy atom. The van der Waals surface area contributed by atoms with Crippen LogP contribution in [0.4, 0.5) is 0 Å². The van der Waals surface area contributed by atoms with Crippen LogP contribution in [-0.2, 0) is 14.3 Å². The van der Waals surface area contributed by atoms with Crippen LogP contribution >= 0.6 is 0 Å². The van der Waals surface area contributed by atoms with Crippen molar-refractivity contribution >= 4 is 11.9 Å². The van der Waals surface area contributed by atoms with Crippen LogP contribution in [0.5, 0.6) is 0 Å². The molecule has 1 amide bonds. The van der Waals surface area contributed by atoms with Crippen LogP contribution in [0, 0.1) is 0 Å². The van der Waals surface area contributed by atoms with E-state index in [-0.39, 0.29) is 18.5 Å². The van der Waals surface area contributed by atoms with Crippen molar-refractivity contribution in [3.05, 3.63) is 48.6 Å². The van der Waals surface area contributed by atoms with Gasteiger partial charge in [-0.3, -0.25) is 9.59 Å². The first kappa shape index (κ1) is 83.8. The van der Waals surface area contributed by atoms with Crippen molar-refractivity contribution in [3.63, 3.8) is 0 Å². The highest BCUT2D eigenvalue weighted by Gasteiger charge is 2.18. The summed E-state index contributed by atoms with van der Waals surface area (Å²) in [7, 11) is 0. The lowest BCUT2D eigenvalue weighted by molar-refractivity contribution is -0.143. The Hall–Kier alpha value is -2.18. The zero-order valence-corrected chi connectivity index (χ0v) is 58.1. The second kappa shape index (κ2) is 75.3. The highest BCUT2D eigenvalue weighted by molar-refractivity contribution is 5.76. The summed E-state index contributed by atoms with van der Waals surface area (Å²) in [6.07, 6.45) is 99.4. The second-order valence-electron chi connectivity index (χ2n) is 26.7. The molecule has 0 aromatic rings. The maximum atomic E-state index is 12.5. The number of allylic oxidation sites excluding steroid dienone is 7. The first-order chi connectivity index (χ1) is 42.5. The Balaban J connectivity index is 3.40. The summed E-state index contributed by atoms with van der Waals surface area (Å²) < 4.78 is 5.47. The molecule has 0 rings (SSSR count). The van der Waals surface area contributed by atoms with Crippen molar-refractivity contribution in [2.24, 2.45) is 0 Å². The molecule has 0 aliphatic carbocycles. The molecule has 6 nitrogen and oxygen atoms in total. The minimum atomic E-state index is -0.845. The summed E-state index contributed by atoms with van der Waals surface area (Å²) in [5.74, 6) is -0.0548. The summed E-state index contributed by atoms with van der Waals surface area (Å²) in [6.45, 7) is 4.92. The summed E-state index contributed by atoms with van der Waals surface area (Å²) in [6, 6.07) is -0.628. The van der Waals surface area contributed by atoms with E-state index in [0.717, 1.165) is 51.4 Å². The highest BCUT2D eigenvalue weighted by Crippen LogP contribution is 2.19. The number of carbonyl (C=O) groups excluding carboxylic acids is 2. The molecule has 3 N–H and O–H groups in total. The van der Waals surface area contributed by atoms with Crippen molar-refractivity contribution in [1.29, 1.82) is 0 Å². The van der Waals surface area contributed by atoms with Crippen LogP contribution in [0.15, 0.2) is 48.6 Å². The molecule has 0 aliphatic rings. The van der Waals surface area contributed by atoms with Gasteiger partial charge in [0, 0.05) is 12.8 Å². The van der Waals surface area contributed by atoms with Gasteiger partial charge in [0.1, 0.15) is 0 Å². The summed E-state index contributed by atoms with van der Waals surface area (Å²) in [5.41, 5.74) is 0. The molecule has 86 heavy (non-hydrogen) atoms. The molecule has 0 saturated heterocycles. The summed E-state index contributed by atoms with van der Waals surface area (Å²) in [5, 5.41) is 23.3. The number of nitrogens with one attached hydrogen (secondary N) is 1. The van der Waals surface area contributed by atoms with E-state index in [1.165, 1.54) is 347 Å². The van der Waals surface area contributed by atoms with Gasteiger partial charge < -0.3 is 20.3 Å². The second-order valence-corrected chi connectivity index (χ2v) is 26.7. The molecular formula is C80H151NO5. The Morgan fingerprint density at radius 3 is 0.919 bits per heavy atom. The zero-order chi connectivity index (χ0) is 62.0. The third-order valence-electron chi connectivity index (χ3n) is 18.1. The van der Waals surface area contributed by atoms with E-state index in [1.54, 1.807) is 6.08 Å². The van der Waals surface area contributed by atoms with Gasteiger partial charge in [0.15, 0.2) is 0 Å². The van der Waals surface area contributed by atoms with Crippen molar-refractivity contribution in [2.45, 2.75) is 437 Å². The number of esters is 1. The first-order valence-electron chi connectivity index (χ1n) is 38.9. The fourth-order valence-electron chi connectivity index (χ4n) is 12.1. The van der Waals surface area contributed by atoms with Crippen LogP contribution in [0.1, 0.15) is 425 Å². The molecule has 0 aromatic heterocycles. The van der Waals surface area contributed by atoms with Crippen molar-refractivity contribution in [3.8, 4) is 0 Å². The lowest BCUT2D eigenvalue weighted by atomic mass is 10.0. The largest absolute Gasteiger partial charge is 0.466 e. The van der Waals surface area contributed by atoms with Gasteiger partial charge in [0.25, 0.3) is 0 Å². The molecule has 0 heterocycles. The maximum absolute atomic E-state index is 12.5. The number of ether oxygens (including phenoxy) is 1. The monoisotopic (exact) mass is 1210 g/mol. The molecule has 0 aromatic carbocycles. The third-order valence-corrected chi connectivity index (χ3v) is 18.1. The molecule has 0 spiro atoms. The average molecular weight is 1210 g/mol. The molecule has 0 bridgehead atoms. The molecule has 0 aliphatic heterocycles. The normalized spacial score (nSPS) is 12.7. The fourth-order valence-corrected chi connectivity index (χ4v) is 12.1. The van der Waals surface area contributed by atoms with Gasteiger partial charge in [-0.05, 0) is 89.9 Å². The lowest BCUT2D eigenvalue weighted by Gasteiger charge is -2.20. The van der Waals surface area contributed by atoms with E-state index in [4.69, 9.17) is 4.74 Å². The van der Waals surface area contributed by atoms with Gasteiger partial charge >= 0.3 is 5.97 Å². The number of hydrogen-bond acceptors (Lipinski definition) is 5. The lowest BCUT2D eigenvalue weighted by Crippen LogP contribution is -2.45. The van der Waals surface area contributed by atoms with Gasteiger partial charge in [-0.1, -0.05) is 371 Å². The van der Waals surface area contributed by atoms with E-state index >= 15 is 0 Å². The first-order valence-corrected chi connectivity index (χ1v) is 38.9. The summed E-state index contributed by atoms with van der Waals surface area (Å²) >= 11 is 0. The fraction of sp³-hybridized carbons (Fsp3) is 0.875. The van der Waals surface area contributed by atoms with Crippen molar-refractivity contribution in [1.82, 2.24) is 5.32 Å². The summed E-state index contributed by atoms with van der Waals surface area (Å²) in [4.78, 5) is 24.6. The van der Waals surface area contributed by atoms with Crippen molar-refractivity contribution in [2.75, 3.05) is 13.2 Å². The predicted octanol–water partition coefficient (Wildman–Crippen LogP) is 25.6. The molecule has 0 radical (unpaired) electrons. The van der Waals surface area contributed by atoms with Gasteiger partial charge in [-0.15, -0.1) is 0 Å². The van der Waals surface area contributed by atoms with Gasteiger partial charge in [-0.2, -0.15) is 0 Å². The topological polar surface area (TPSA) is 95.9 Å². The Labute approximate surface area is 537 Å². The van der Waals surface area contributed by atoms with Crippen LogP contribution in [-0.4, -0.2) is 47.4 Å². The number of hydrogen-bond donors (Lipinski definition) is 3. The number of aliphatic hydroxyl groups excluding tert-OH is 2. The smallest absolute Gasteiger partial charge is 0.305 e. The van der Waals surface area contributed by atoms with E-state index in [9.17, 15) is 19.8 Å². The molecule has 2 unspecified atom stereocenters. The Morgan fingerprint density at radius 1 is 0.326 bits per heavy atom. The molecule has 506 valence electrons. The van der Waals surface area contributed by atoms with Crippen LogP contribution < -0.4 is 5.32 Å². The van der Waals surface area contributed by atoms with E-state index in [2.05, 4.69) is 55.6 Å². The number of aliphatic hydroxyl groups is 2. The van der Waals surface area contributed by atoms with E-state index in [1.807, 2.05) is 6.08 Å². The predicted molar refractivity (Wildman–Crippen MR) is 379 cm³/mol. The van der Waals surface area contributed by atoms with Crippen LogP contribution in [0.2, 0.25) is 0 Å². The minimum absolute atomic E-state index is 0.00669. The molecule has 2 atom stereocenters. The number of amides is 1. The number of rotatable bonds is 73. The van der Waals surface area contributed by atoms with Gasteiger partial charge in [0.2, 0.25) is 5.91 Å². The van der Waals surface area contributed by atoms with Crippen LogP contribution in [0.3, 0.4) is 0 Å². The standard InChI is InChI=1S/C80H151NO5/c1-3-5-7-9-11-13-15-17-18-19-20-21-37-40-43-46-49-52-56-60-64-68-72-78(83)77(76-82)81-79(84)73-69-65-61-57-53-50-47-44-41-38-35-33-31-29-27-25-23-22-24-26-28-30-32-34-36-39-42-45-48-51-55-59-63-67-71-75-86-80(85)74-70-66-62-58-54-16-14-12-10-8-6-4-2/h12,14,24,26,30,32,68,72,77-78,82-83H,3-11,13,15-23,25,27-29,31,33-67,69-71,73-76H2,1-2H3,(H,81,84)/b14-12-,26-24-,32-30-,72-68+. The SMILES string of the molecule is CCCCC/C=C\CCCCCCCC(=O)OCCCCCCCCCCCCC/C=C\C/C=C\CCCCCCCCCCCCCCCCCCCC(=O)NC(CO)C(O)/C=C/CCCCCCCCCCCCCCCCCCCCCC. The Kier molecular flexibility index (Phi) is 73.4. The third kappa shape index (κ3) is 70.9. The van der Waals surface area contributed by atoms with Gasteiger partial charge in [-0.25, -0.2) is 0 Å². The molecular weight excluding hydrogens is 1050 g/mol. The quantitative estimate of drug-likeness (QED) is 0.0320. The zero-order valence-electron chi connectivity index (χ0n) is 58.1. The Bertz CT molecular complexity index is 1440. The van der Waals surface area contributed by atoms with E-state index < -0.39 is 12.1 Å². The van der Waals surface area contributed by atoms with Crippen LogP contribution in [0.25, 0.3) is 0 Å². The maximum Gasteiger partial charge on any atom is 0.305 e. The molecule has 0 saturated carbocycles. The molecule has 6 heteroatoms. The molecule has 0 fully saturated rings. The van der Waals surface area contributed by atoms with Crippen molar-refractivity contribution < 1.29 is 24.5 Å². The highest BCUT2D eigenvalue weighted by atomic mass is 16.5. The van der Waals surface area contributed by atoms with E-state index in [0.29, 0.717) is 19.4 Å². The average Bonchev–Trinajstić information content (AvgIpc) is 3.54.